The molecule has 3 amide bonds. The van der Waals surface area contributed by atoms with E-state index in [-0.39, 0.29) is 42.1 Å². The van der Waals surface area contributed by atoms with E-state index in [0.717, 1.165) is 10.5 Å². The zero-order valence-corrected chi connectivity index (χ0v) is 24.9. The van der Waals surface area contributed by atoms with E-state index in [2.05, 4.69) is 5.32 Å². The summed E-state index contributed by atoms with van der Waals surface area (Å²) in [6, 6.07) is 15.2. The van der Waals surface area contributed by atoms with Crippen molar-refractivity contribution in [1.29, 1.82) is 0 Å². The maximum atomic E-state index is 13.6. The predicted octanol–water partition coefficient (Wildman–Crippen LogP) is 5.57. The SMILES string of the molecule is CCO[C@@H]1OC(C(=O)Nc2ccc(N3C(=O)c4ccc(Cl)cc4C3=O)c(C)c2)=C[C@H](c2ccc3c(c2)OCO3)[C@H]1CCCO. The molecule has 10 nitrogen and oxygen atoms in total. The number of halogens is 1. The fraction of sp³-hybridized carbons (Fsp3) is 0.303. The minimum absolute atomic E-state index is 0.0179. The van der Waals surface area contributed by atoms with Crippen molar-refractivity contribution in [1.82, 2.24) is 0 Å². The Morgan fingerprint density at radius 1 is 1.05 bits per heavy atom. The fourth-order valence-corrected chi connectivity index (χ4v) is 6.05. The topological polar surface area (TPSA) is 124 Å². The number of fused-ring (bicyclic) bond motifs is 2. The Morgan fingerprint density at radius 3 is 2.61 bits per heavy atom. The number of aliphatic hydroxyl groups excluding tert-OH is 1. The van der Waals surface area contributed by atoms with Gasteiger partial charge in [0.2, 0.25) is 13.1 Å². The molecule has 0 bridgehead atoms. The summed E-state index contributed by atoms with van der Waals surface area (Å²) in [7, 11) is 0. The van der Waals surface area contributed by atoms with Gasteiger partial charge >= 0.3 is 0 Å². The Balaban J connectivity index is 1.26. The van der Waals surface area contributed by atoms with E-state index in [0.29, 0.717) is 52.9 Å². The van der Waals surface area contributed by atoms with Crippen LogP contribution in [0.1, 0.15) is 57.5 Å². The van der Waals surface area contributed by atoms with Gasteiger partial charge in [0.15, 0.2) is 17.3 Å². The summed E-state index contributed by atoms with van der Waals surface area (Å²) < 4.78 is 23.1. The third kappa shape index (κ3) is 5.52. The molecule has 0 unspecified atom stereocenters. The van der Waals surface area contributed by atoms with Crippen LogP contribution in [0.4, 0.5) is 11.4 Å². The molecule has 0 saturated heterocycles. The number of benzene rings is 3. The molecule has 3 heterocycles. The highest BCUT2D eigenvalue weighted by Gasteiger charge is 2.39. The van der Waals surface area contributed by atoms with Gasteiger partial charge in [-0.2, -0.15) is 0 Å². The molecule has 0 spiro atoms. The van der Waals surface area contributed by atoms with Gasteiger partial charge in [0.1, 0.15) is 0 Å². The predicted molar refractivity (Wildman–Crippen MR) is 162 cm³/mol. The highest BCUT2D eigenvalue weighted by Crippen LogP contribution is 2.43. The molecule has 0 saturated carbocycles. The standard InChI is InChI=1S/C33H31ClN2O8/c1-3-41-33-23(5-4-12-37)24(19-6-11-27-28(14-19)43-17-42-27)16-29(44-33)30(38)35-21-8-10-26(18(2)13-21)36-31(39)22-9-7-20(34)15-25(22)32(36)40/h6-11,13-16,23-24,33,37H,3-5,12,17H2,1-2H3,(H,35,38)/t23-,24-,33-/m1/s1. The van der Waals surface area contributed by atoms with Crippen molar-refractivity contribution in [3.63, 3.8) is 0 Å². The number of amides is 3. The molecule has 3 aliphatic rings. The van der Waals surface area contributed by atoms with Gasteiger partial charge in [0.05, 0.1) is 16.8 Å². The lowest BCUT2D eigenvalue weighted by Gasteiger charge is -2.37. The first-order valence-electron chi connectivity index (χ1n) is 14.4. The molecule has 3 aromatic carbocycles. The van der Waals surface area contributed by atoms with Crippen LogP contribution < -0.4 is 19.7 Å². The quantitative estimate of drug-likeness (QED) is 0.299. The second kappa shape index (κ2) is 12.3. The molecule has 11 heteroatoms. The normalized spacial score (nSPS) is 20.3. The first-order chi connectivity index (χ1) is 21.3. The third-order valence-electron chi connectivity index (χ3n) is 7.96. The van der Waals surface area contributed by atoms with Gasteiger partial charge in [-0.25, -0.2) is 4.90 Å². The Kier molecular flexibility index (Phi) is 8.31. The number of nitrogens with zero attached hydrogens (tertiary/aromatic N) is 1. The van der Waals surface area contributed by atoms with Crippen molar-refractivity contribution in [2.75, 3.05) is 30.2 Å². The zero-order chi connectivity index (χ0) is 31.0. The van der Waals surface area contributed by atoms with E-state index in [1.54, 1.807) is 43.3 Å². The molecule has 2 N–H and O–H groups in total. The van der Waals surface area contributed by atoms with Gasteiger partial charge in [-0.15, -0.1) is 0 Å². The van der Waals surface area contributed by atoms with Crippen LogP contribution in [0.3, 0.4) is 0 Å². The first-order valence-corrected chi connectivity index (χ1v) is 14.8. The molecule has 0 fully saturated rings. The van der Waals surface area contributed by atoms with Crippen LogP contribution in [0.25, 0.3) is 0 Å². The fourth-order valence-electron chi connectivity index (χ4n) is 5.87. The van der Waals surface area contributed by atoms with Gasteiger partial charge in [-0.3, -0.25) is 14.4 Å². The van der Waals surface area contributed by atoms with Crippen LogP contribution in [0.15, 0.2) is 66.4 Å². The summed E-state index contributed by atoms with van der Waals surface area (Å²) in [5.41, 5.74) is 2.91. The van der Waals surface area contributed by atoms with Gasteiger partial charge in [0.25, 0.3) is 17.7 Å². The summed E-state index contributed by atoms with van der Waals surface area (Å²) in [4.78, 5) is 40.8. The van der Waals surface area contributed by atoms with Crippen molar-refractivity contribution in [3.05, 3.63) is 93.7 Å². The van der Waals surface area contributed by atoms with E-state index in [1.807, 2.05) is 25.1 Å². The molecule has 0 radical (unpaired) electrons. The number of allylic oxidation sites excluding steroid dienone is 1. The van der Waals surface area contributed by atoms with E-state index >= 15 is 0 Å². The van der Waals surface area contributed by atoms with Crippen molar-refractivity contribution < 1.29 is 38.4 Å². The van der Waals surface area contributed by atoms with Crippen molar-refractivity contribution >= 4 is 40.7 Å². The van der Waals surface area contributed by atoms with Crippen LogP contribution in [-0.2, 0) is 14.3 Å². The van der Waals surface area contributed by atoms with E-state index in [1.165, 1.54) is 6.07 Å². The number of hydrogen-bond acceptors (Lipinski definition) is 8. The Hall–Kier alpha value is -4.38. The number of nitrogens with one attached hydrogen (secondary N) is 1. The zero-order valence-electron chi connectivity index (χ0n) is 24.2. The van der Waals surface area contributed by atoms with Gasteiger partial charge in [-0.05, 0) is 92.4 Å². The summed E-state index contributed by atoms with van der Waals surface area (Å²) in [5.74, 6) is -0.452. The second-order valence-electron chi connectivity index (χ2n) is 10.7. The monoisotopic (exact) mass is 618 g/mol. The van der Waals surface area contributed by atoms with E-state index in [4.69, 9.17) is 30.5 Å². The largest absolute Gasteiger partial charge is 0.459 e. The Labute approximate surface area is 259 Å². The van der Waals surface area contributed by atoms with Crippen molar-refractivity contribution in [2.45, 2.75) is 38.9 Å². The second-order valence-corrected chi connectivity index (χ2v) is 11.2. The van der Waals surface area contributed by atoms with Gasteiger partial charge < -0.3 is 29.4 Å². The number of rotatable bonds is 9. The average Bonchev–Trinajstić information content (AvgIpc) is 3.58. The lowest BCUT2D eigenvalue weighted by atomic mass is 9.80. The molecular weight excluding hydrogens is 588 g/mol. The maximum absolute atomic E-state index is 13.6. The third-order valence-corrected chi connectivity index (χ3v) is 8.20. The minimum atomic E-state index is -0.723. The lowest BCUT2D eigenvalue weighted by molar-refractivity contribution is -0.165. The lowest BCUT2D eigenvalue weighted by Crippen LogP contribution is -2.37. The molecular formula is C33H31ClN2O8. The molecule has 6 rings (SSSR count). The van der Waals surface area contributed by atoms with Crippen LogP contribution in [-0.4, -0.2) is 49.1 Å². The van der Waals surface area contributed by atoms with E-state index < -0.39 is 24.0 Å². The summed E-state index contributed by atoms with van der Waals surface area (Å²) >= 11 is 6.05. The maximum Gasteiger partial charge on any atom is 0.290 e. The van der Waals surface area contributed by atoms with Crippen LogP contribution >= 0.6 is 11.6 Å². The molecule has 3 aliphatic heterocycles. The molecule has 0 aromatic heterocycles. The smallest absolute Gasteiger partial charge is 0.290 e. The Bertz CT molecular complexity index is 1670. The first kappa shape index (κ1) is 29.7. The van der Waals surface area contributed by atoms with Gasteiger partial charge in [-0.1, -0.05) is 17.7 Å². The van der Waals surface area contributed by atoms with Crippen LogP contribution in [0.5, 0.6) is 11.5 Å². The number of aliphatic hydroxyl groups is 1. The molecule has 0 aliphatic carbocycles. The molecule has 3 atom stereocenters. The number of anilines is 2. The van der Waals surface area contributed by atoms with Crippen LogP contribution in [0, 0.1) is 12.8 Å². The van der Waals surface area contributed by atoms with Gasteiger partial charge in [0, 0.05) is 35.8 Å². The minimum Gasteiger partial charge on any atom is -0.459 e. The summed E-state index contributed by atoms with van der Waals surface area (Å²) in [5, 5.41) is 12.8. The molecule has 3 aromatic rings. The summed E-state index contributed by atoms with van der Waals surface area (Å²) in [6.45, 7) is 4.14. The number of imide groups is 1. The summed E-state index contributed by atoms with van der Waals surface area (Å²) in [6.07, 6.45) is 2.20. The Morgan fingerprint density at radius 2 is 1.84 bits per heavy atom. The van der Waals surface area contributed by atoms with Crippen molar-refractivity contribution in [2.24, 2.45) is 5.92 Å². The van der Waals surface area contributed by atoms with Crippen LogP contribution in [0.2, 0.25) is 5.02 Å². The highest BCUT2D eigenvalue weighted by molar-refractivity contribution is 6.37. The number of hydrogen-bond donors (Lipinski definition) is 2. The van der Waals surface area contributed by atoms with E-state index in [9.17, 15) is 19.5 Å². The molecule has 228 valence electrons. The molecule has 44 heavy (non-hydrogen) atoms. The van der Waals surface area contributed by atoms with Crippen molar-refractivity contribution in [3.8, 4) is 11.5 Å². The number of ether oxygens (including phenoxy) is 4. The number of aryl methyl sites for hydroxylation is 1. The number of carbonyl (C=O) groups is 3. The average molecular weight is 619 g/mol. The number of carbonyl (C=O) groups excluding carboxylic acids is 3. The highest BCUT2D eigenvalue weighted by atomic mass is 35.5.